The number of aliphatic imine (C=N–C) groups is 1. The Hall–Kier alpha value is -0.570. The third-order valence-electron chi connectivity index (χ3n) is 2.67. The number of rotatable bonds is 6. The maximum atomic E-state index is 5.83. The zero-order chi connectivity index (χ0) is 10.6. The Bertz CT molecular complexity index is 207. The Morgan fingerprint density at radius 2 is 2.14 bits per heavy atom. The van der Waals surface area contributed by atoms with Gasteiger partial charge in [-0.3, -0.25) is 4.99 Å². The van der Waals surface area contributed by atoms with Crippen molar-refractivity contribution in [3.63, 3.8) is 0 Å². The van der Waals surface area contributed by atoms with Crippen molar-refractivity contribution in [1.82, 2.24) is 0 Å². The molecule has 82 valence electrons. The molecule has 0 heterocycles. The minimum Gasteiger partial charge on any atom is -0.387 e. The number of nitrogens with two attached hydrogens (primary N) is 1. The minimum absolute atomic E-state index is 0.204. The number of methoxy groups -OCH3 is 1. The molecule has 0 saturated heterocycles. The highest BCUT2D eigenvalue weighted by Crippen LogP contribution is 2.29. The van der Waals surface area contributed by atoms with Gasteiger partial charge in [0.2, 0.25) is 0 Å². The highest BCUT2D eigenvalue weighted by atomic mass is 16.5. The van der Waals surface area contributed by atoms with Crippen LogP contribution in [0.15, 0.2) is 4.99 Å². The Balaban J connectivity index is 2.29. The minimum atomic E-state index is 0.204. The van der Waals surface area contributed by atoms with Gasteiger partial charge in [-0.25, -0.2) is 0 Å². The molecule has 1 fully saturated rings. The van der Waals surface area contributed by atoms with Crippen LogP contribution < -0.4 is 5.73 Å². The molecule has 14 heavy (non-hydrogen) atoms. The lowest BCUT2D eigenvalue weighted by molar-refractivity contribution is 0.155. The van der Waals surface area contributed by atoms with Crippen LogP contribution in [0.2, 0.25) is 0 Å². The van der Waals surface area contributed by atoms with Gasteiger partial charge in [0, 0.05) is 26.2 Å². The van der Waals surface area contributed by atoms with Gasteiger partial charge in [-0.1, -0.05) is 13.8 Å². The van der Waals surface area contributed by atoms with Crippen molar-refractivity contribution < 1.29 is 4.74 Å². The quantitative estimate of drug-likeness (QED) is 0.522. The molecule has 0 aromatic heterocycles. The first-order chi connectivity index (χ1) is 6.55. The maximum Gasteiger partial charge on any atom is 0.0968 e. The average molecular weight is 198 g/mol. The van der Waals surface area contributed by atoms with E-state index in [2.05, 4.69) is 18.8 Å². The molecule has 0 aromatic rings. The molecular formula is C11H22N2O. The van der Waals surface area contributed by atoms with Crippen molar-refractivity contribution in [1.29, 1.82) is 0 Å². The van der Waals surface area contributed by atoms with E-state index in [1.165, 1.54) is 12.8 Å². The number of nitrogens with zero attached hydrogens (tertiary/aromatic N) is 1. The smallest absolute Gasteiger partial charge is 0.0968 e. The topological polar surface area (TPSA) is 47.6 Å². The molecule has 3 heteroatoms. The van der Waals surface area contributed by atoms with Crippen LogP contribution in [-0.2, 0) is 4.74 Å². The van der Waals surface area contributed by atoms with Gasteiger partial charge in [-0.15, -0.1) is 0 Å². The van der Waals surface area contributed by atoms with Gasteiger partial charge in [0.25, 0.3) is 0 Å². The summed E-state index contributed by atoms with van der Waals surface area (Å²) in [5, 5.41) is 0. The van der Waals surface area contributed by atoms with Gasteiger partial charge in [0.15, 0.2) is 0 Å². The summed E-state index contributed by atoms with van der Waals surface area (Å²) in [7, 11) is 1.73. The van der Waals surface area contributed by atoms with Gasteiger partial charge in [0.1, 0.15) is 0 Å². The van der Waals surface area contributed by atoms with E-state index < -0.39 is 0 Å². The van der Waals surface area contributed by atoms with Gasteiger partial charge in [0.05, 0.1) is 5.84 Å². The first-order valence-corrected chi connectivity index (χ1v) is 5.34. The molecule has 1 aliphatic carbocycles. The lowest BCUT2D eigenvalue weighted by Gasteiger charge is -2.21. The van der Waals surface area contributed by atoms with Crippen LogP contribution in [0.4, 0.5) is 0 Å². The summed E-state index contributed by atoms with van der Waals surface area (Å²) in [6.45, 7) is 6.02. The summed E-state index contributed by atoms with van der Waals surface area (Å²) in [5.41, 5.74) is 6.04. The molecule has 0 atom stereocenters. The van der Waals surface area contributed by atoms with Crippen LogP contribution in [0.1, 0.15) is 33.1 Å². The van der Waals surface area contributed by atoms with Gasteiger partial charge >= 0.3 is 0 Å². The van der Waals surface area contributed by atoms with E-state index in [1.54, 1.807) is 7.11 Å². The van der Waals surface area contributed by atoms with Crippen LogP contribution in [0.25, 0.3) is 0 Å². The fraction of sp³-hybridized carbons (Fsp3) is 0.909. The Morgan fingerprint density at radius 3 is 2.64 bits per heavy atom. The molecule has 3 nitrogen and oxygen atoms in total. The molecule has 2 N–H and O–H groups in total. The fourth-order valence-corrected chi connectivity index (χ4v) is 1.27. The number of ether oxygens (including phenoxy) is 1. The van der Waals surface area contributed by atoms with Crippen molar-refractivity contribution in [2.24, 2.45) is 22.1 Å². The van der Waals surface area contributed by atoms with E-state index in [4.69, 9.17) is 10.5 Å². The molecule has 0 spiro atoms. The van der Waals surface area contributed by atoms with Crippen molar-refractivity contribution in [2.75, 3.05) is 20.3 Å². The molecule has 0 bridgehead atoms. The maximum absolute atomic E-state index is 5.83. The molecule has 0 aromatic carbocycles. The summed E-state index contributed by atoms with van der Waals surface area (Å²) in [6, 6.07) is 0. The Kier molecular flexibility index (Phi) is 3.93. The number of amidine groups is 1. The standard InChI is InChI=1S/C11H22N2O/c1-11(2,6-7-14-3)8-13-10(12)9-4-5-9/h9H,4-8H2,1-3H3,(H2,12,13). The summed E-state index contributed by atoms with van der Waals surface area (Å²) in [4.78, 5) is 4.45. The second-order valence-corrected chi connectivity index (χ2v) is 4.92. The molecule has 1 saturated carbocycles. The zero-order valence-electron chi connectivity index (χ0n) is 9.55. The van der Waals surface area contributed by atoms with Crippen molar-refractivity contribution >= 4 is 5.84 Å². The molecule has 0 radical (unpaired) electrons. The number of hydrogen-bond donors (Lipinski definition) is 1. The van der Waals surface area contributed by atoms with Crippen molar-refractivity contribution in [3.05, 3.63) is 0 Å². The van der Waals surface area contributed by atoms with Gasteiger partial charge in [-0.05, 0) is 24.7 Å². The summed E-state index contributed by atoms with van der Waals surface area (Å²) in [6.07, 6.45) is 3.49. The Labute approximate surface area is 86.7 Å². The van der Waals surface area contributed by atoms with Gasteiger partial charge < -0.3 is 10.5 Å². The normalized spacial score (nSPS) is 18.6. The number of hydrogen-bond acceptors (Lipinski definition) is 2. The third-order valence-corrected chi connectivity index (χ3v) is 2.67. The van der Waals surface area contributed by atoms with Crippen molar-refractivity contribution in [2.45, 2.75) is 33.1 Å². The lowest BCUT2D eigenvalue weighted by Crippen LogP contribution is -2.22. The SMILES string of the molecule is COCCC(C)(C)CN=C(N)C1CC1. The monoisotopic (exact) mass is 198 g/mol. The zero-order valence-corrected chi connectivity index (χ0v) is 9.55. The van der Waals surface area contributed by atoms with Crippen LogP contribution in [0.3, 0.4) is 0 Å². The van der Waals surface area contributed by atoms with E-state index in [9.17, 15) is 0 Å². The first-order valence-electron chi connectivity index (χ1n) is 5.34. The van der Waals surface area contributed by atoms with Crippen molar-refractivity contribution in [3.8, 4) is 0 Å². The second-order valence-electron chi connectivity index (χ2n) is 4.92. The Morgan fingerprint density at radius 1 is 1.50 bits per heavy atom. The third kappa shape index (κ3) is 4.09. The van der Waals surface area contributed by atoms with Crippen LogP contribution in [-0.4, -0.2) is 26.1 Å². The van der Waals surface area contributed by atoms with E-state index in [0.717, 1.165) is 25.4 Å². The summed E-state index contributed by atoms with van der Waals surface area (Å²) in [5.74, 6) is 1.45. The average Bonchev–Trinajstić information content (AvgIpc) is 2.94. The molecule has 1 rings (SSSR count). The molecule has 1 aliphatic rings. The van der Waals surface area contributed by atoms with Gasteiger partial charge in [-0.2, -0.15) is 0 Å². The summed E-state index contributed by atoms with van der Waals surface area (Å²) < 4.78 is 5.06. The lowest BCUT2D eigenvalue weighted by atomic mass is 9.90. The fourth-order valence-electron chi connectivity index (χ4n) is 1.27. The van der Waals surface area contributed by atoms with Crippen LogP contribution in [0, 0.1) is 11.3 Å². The van der Waals surface area contributed by atoms with E-state index in [-0.39, 0.29) is 5.41 Å². The highest BCUT2D eigenvalue weighted by Gasteiger charge is 2.26. The van der Waals surface area contributed by atoms with E-state index >= 15 is 0 Å². The highest BCUT2D eigenvalue weighted by molar-refractivity contribution is 5.84. The first kappa shape index (κ1) is 11.5. The second kappa shape index (κ2) is 4.78. The van der Waals surface area contributed by atoms with Crippen LogP contribution >= 0.6 is 0 Å². The molecule has 0 aliphatic heterocycles. The molecule has 0 amide bonds. The largest absolute Gasteiger partial charge is 0.387 e. The van der Waals surface area contributed by atoms with E-state index in [0.29, 0.717) is 5.92 Å². The predicted octanol–water partition coefficient (Wildman–Crippen LogP) is 1.82. The summed E-state index contributed by atoms with van der Waals surface area (Å²) >= 11 is 0. The predicted molar refractivity (Wildman–Crippen MR) is 59.5 cm³/mol. The molecular weight excluding hydrogens is 176 g/mol. The van der Waals surface area contributed by atoms with Crippen LogP contribution in [0.5, 0.6) is 0 Å². The van der Waals surface area contributed by atoms with E-state index in [1.807, 2.05) is 0 Å². The molecule has 0 unspecified atom stereocenters.